The second-order valence-electron chi connectivity index (χ2n) is 10.3. The van der Waals surface area contributed by atoms with Gasteiger partial charge in [-0.25, -0.2) is 4.79 Å². The predicted octanol–water partition coefficient (Wildman–Crippen LogP) is 5.26. The molecule has 1 aliphatic heterocycles. The standard InChI is InChI=1S/C19H31N5O3.C10H13NO3.C3H8.2C2H6/c1-3-4-6-14-8-10-15(11-9-14)23-18(26)16(24-17(25)13-21-2)7-5-12-22-19(20)27;12-8-4-2-1-3-7-11-9(13)5-6-10(11)14;1-3-2;2*1-2/h8-11,16,21H,3-7,12-13H2,1-2H3,(H,23,26)(H,24,25)(H3,20,22,27);5-6,8H,1-4,7H2;3H2,1-2H3;2*1-2H3. The largest absolute Gasteiger partial charge is 0.352 e. The van der Waals surface area contributed by atoms with Gasteiger partial charge in [0.1, 0.15) is 12.3 Å². The van der Waals surface area contributed by atoms with Crippen molar-refractivity contribution in [1.82, 2.24) is 20.9 Å². The number of aryl methyl sites for hydroxylation is 1. The van der Waals surface area contributed by atoms with Crippen molar-refractivity contribution in [2.24, 2.45) is 5.73 Å². The maximum atomic E-state index is 12.6. The lowest BCUT2D eigenvalue weighted by Crippen LogP contribution is -2.46. The number of amides is 6. The molecule has 12 nitrogen and oxygen atoms in total. The van der Waals surface area contributed by atoms with Crippen LogP contribution in [0.3, 0.4) is 0 Å². The number of anilines is 1. The summed E-state index contributed by atoms with van der Waals surface area (Å²) < 4.78 is 0. The molecule has 0 bridgehead atoms. The molecule has 2 rings (SSSR count). The van der Waals surface area contributed by atoms with Gasteiger partial charge in [0.25, 0.3) is 11.8 Å². The van der Waals surface area contributed by atoms with Crippen molar-refractivity contribution >= 4 is 41.6 Å². The molecule has 0 radical (unpaired) electrons. The first kappa shape index (κ1) is 48.3. The minimum atomic E-state index is -0.694. The first-order valence-corrected chi connectivity index (χ1v) is 17.5. The molecular formula is C36H64N6O6. The number of hydrogen-bond donors (Lipinski definition) is 5. The van der Waals surface area contributed by atoms with Crippen molar-refractivity contribution in [3.05, 3.63) is 42.0 Å². The molecule has 1 heterocycles. The molecule has 0 aliphatic carbocycles. The van der Waals surface area contributed by atoms with Crippen molar-refractivity contribution in [1.29, 1.82) is 0 Å². The van der Waals surface area contributed by atoms with E-state index in [1.807, 2.05) is 52.0 Å². The Hall–Kier alpha value is -4.06. The fourth-order valence-electron chi connectivity index (χ4n) is 3.88. The number of hydrogen-bond acceptors (Lipinski definition) is 7. The van der Waals surface area contributed by atoms with Crippen LogP contribution in [0, 0.1) is 0 Å². The lowest BCUT2D eigenvalue weighted by atomic mass is 10.1. The van der Waals surface area contributed by atoms with Gasteiger partial charge in [-0.15, -0.1) is 0 Å². The van der Waals surface area contributed by atoms with E-state index in [9.17, 15) is 28.8 Å². The molecule has 6 N–H and O–H groups in total. The summed E-state index contributed by atoms with van der Waals surface area (Å²) in [7, 11) is 1.66. The van der Waals surface area contributed by atoms with E-state index in [0.717, 1.165) is 44.8 Å². The normalized spacial score (nSPS) is 11.5. The number of primary amides is 1. The van der Waals surface area contributed by atoms with Gasteiger partial charge in [0, 0.05) is 37.3 Å². The van der Waals surface area contributed by atoms with Crippen molar-refractivity contribution in [3.63, 3.8) is 0 Å². The van der Waals surface area contributed by atoms with Crippen molar-refractivity contribution < 1.29 is 28.8 Å². The van der Waals surface area contributed by atoms with Crippen molar-refractivity contribution in [2.75, 3.05) is 32.0 Å². The molecule has 1 atom stereocenters. The maximum Gasteiger partial charge on any atom is 0.312 e. The zero-order valence-electron chi connectivity index (χ0n) is 30.8. The Morgan fingerprint density at radius 1 is 0.875 bits per heavy atom. The quantitative estimate of drug-likeness (QED) is 0.0799. The SMILES string of the molecule is CC.CC.CCC.CCCCc1ccc(NC(=O)C(CCCNC(N)=O)NC(=O)CNC)cc1.O=CCCCCCN1C(=O)C=CC1=O. The Labute approximate surface area is 289 Å². The van der Waals surface area contributed by atoms with Crippen LogP contribution >= 0.6 is 0 Å². The lowest BCUT2D eigenvalue weighted by Gasteiger charge is -2.19. The number of nitrogens with one attached hydrogen (secondary N) is 4. The average molecular weight is 677 g/mol. The zero-order valence-corrected chi connectivity index (χ0v) is 30.8. The molecule has 12 heteroatoms. The molecule has 0 saturated carbocycles. The molecule has 0 spiro atoms. The summed E-state index contributed by atoms with van der Waals surface area (Å²) in [5.41, 5.74) is 6.94. The lowest BCUT2D eigenvalue weighted by molar-refractivity contribution is -0.137. The number of unbranched alkanes of at least 4 members (excludes halogenated alkanes) is 4. The van der Waals surface area contributed by atoms with Crippen molar-refractivity contribution in [3.8, 4) is 0 Å². The van der Waals surface area contributed by atoms with E-state index in [-0.39, 0.29) is 30.2 Å². The van der Waals surface area contributed by atoms with Crippen LogP contribution in [-0.2, 0) is 30.4 Å². The summed E-state index contributed by atoms with van der Waals surface area (Å²) in [5, 5.41) is 10.8. The third kappa shape index (κ3) is 26.1. The van der Waals surface area contributed by atoms with Crippen LogP contribution in [0.4, 0.5) is 10.5 Å². The molecule has 48 heavy (non-hydrogen) atoms. The first-order chi connectivity index (χ1) is 23.1. The second-order valence-corrected chi connectivity index (χ2v) is 10.3. The second kappa shape index (κ2) is 34.3. The van der Waals surface area contributed by atoms with E-state index in [0.29, 0.717) is 38.0 Å². The number of aldehydes is 1. The molecule has 274 valence electrons. The number of imide groups is 1. The number of urea groups is 1. The number of carbonyl (C=O) groups excluding carboxylic acids is 6. The highest BCUT2D eigenvalue weighted by atomic mass is 16.2. The molecule has 0 fully saturated rings. The smallest absolute Gasteiger partial charge is 0.312 e. The van der Waals surface area contributed by atoms with Gasteiger partial charge in [-0.2, -0.15) is 0 Å². The van der Waals surface area contributed by atoms with Gasteiger partial charge in [-0.1, -0.05) is 79.9 Å². The highest BCUT2D eigenvalue weighted by Crippen LogP contribution is 2.13. The minimum absolute atomic E-state index is 0.120. The van der Waals surface area contributed by atoms with Crippen molar-refractivity contribution in [2.45, 2.75) is 119 Å². The van der Waals surface area contributed by atoms with Gasteiger partial charge in [0.05, 0.1) is 6.54 Å². The third-order valence-electron chi connectivity index (χ3n) is 6.10. The van der Waals surface area contributed by atoms with E-state index >= 15 is 0 Å². The van der Waals surface area contributed by atoms with Gasteiger partial charge in [0.15, 0.2) is 0 Å². The van der Waals surface area contributed by atoms with E-state index < -0.39 is 12.1 Å². The number of benzene rings is 1. The summed E-state index contributed by atoms with van der Waals surface area (Å²) >= 11 is 0. The Morgan fingerprint density at radius 2 is 1.46 bits per heavy atom. The van der Waals surface area contributed by atoms with Gasteiger partial charge in [0.2, 0.25) is 11.8 Å². The molecule has 0 saturated heterocycles. The molecule has 6 amide bonds. The van der Waals surface area contributed by atoms with Crippen LogP contribution in [0.1, 0.15) is 112 Å². The summed E-state index contributed by atoms with van der Waals surface area (Å²) in [4.78, 5) is 68.5. The van der Waals surface area contributed by atoms with E-state index in [1.54, 1.807) is 7.05 Å². The summed E-state index contributed by atoms with van der Waals surface area (Å²) in [5.74, 6) is -1.02. The highest BCUT2D eigenvalue weighted by Gasteiger charge is 2.22. The summed E-state index contributed by atoms with van der Waals surface area (Å²) in [6, 6.07) is 6.42. The Kier molecular flexibility index (Phi) is 34.5. The number of likely N-dealkylation sites (N-methyl/N-ethyl adjacent to an activating group) is 1. The highest BCUT2D eigenvalue weighted by molar-refractivity contribution is 6.12. The Bertz CT molecular complexity index is 1030. The van der Waals surface area contributed by atoms with E-state index in [2.05, 4.69) is 42.0 Å². The fraction of sp³-hybridized carbons (Fsp3) is 0.611. The van der Waals surface area contributed by atoms with Gasteiger partial charge in [-0.3, -0.25) is 24.1 Å². The van der Waals surface area contributed by atoms with E-state index in [4.69, 9.17) is 5.73 Å². The molecule has 0 aromatic heterocycles. The minimum Gasteiger partial charge on any atom is -0.352 e. The molecule has 1 aromatic carbocycles. The van der Waals surface area contributed by atoms with Gasteiger partial charge >= 0.3 is 6.03 Å². The van der Waals surface area contributed by atoms with E-state index in [1.165, 1.54) is 29.0 Å². The fourth-order valence-corrected chi connectivity index (χ4v) is 3.88. The monoisotopic (exact) mass is 676 g/mol. The molecule has 1 aliphatic rings. The predicted molar refractivity (Wildman–Crippen MR) is 195 cm³/mol. The van der Waals surface area contributed by atoms with Crippen LogP contribution in [0.5, 0.6) is 0 Å². The van der Waals surface area contributed by atoms with Crippen LogP contribution in [-0.4, -0.2) is 73.6 Å². The number of carbonyl (C=O) groups is 6. The molecule has 1 aromatic rings. The first-order valence-electron chi connectivity index (χ1n) is 17.5. The number of rotatable bonds is 18. The van der Waals surface area contributed by atoms with Gasteiger partial charge in [-0.05, 0) is 63.3 Å². The van der Waals surface area contributed by atoms with Crippen LogP contribution < -0.4 is 27.0 Å². The van der Waals surface area contributed by atoms with Gasteiger partial charge < -0.3 is 31.8 Å². The molecule has 1 unspecified atom stereocenters. The third-order valence-corrected chi connectivity index (χ3v) is 6.10. The average Bonchev–Trinajstić information content (AvgIpc) is 3.40. The van der Waals surface area contributed by atoms with Crippen LogP contribution in [0.25, 0.3) is 0 Å². The summed E-state index contributed by atoms with van der Waals surface area (Å²) in [6.45, 7) is 15.3. The number of nitrogens with two attached hydrogens (primary N) is 1. The Morgan fingerprint density at radius 3 is 1.96 bits per heavy atom. The molecular weight excluding hydrogens is 612 g/mol. The zero-order chi connectivity index (χ0) is 37.2. The Balaban J connectivity index is -0.000000803. The maximum absolute atomic E-state index is 12.6. The topological polar surface area (TPSA) is 180 Å². The van der Waals surface area contributed by atoms with Crippen LogP contribution in [0.2, 0.25) is 0 Å². The summed E-state index contributed by atoms with van der Waals surface area (Å²) in [6.07, 6.45) is 11.9. The number of nitrogens with zero attached hydrogens (tertiary/aromatic N) is 1. The van der Waals surface area contributed by atoms with Crippen LogP contribution in [0.15, 0.2) is 36.4 Å².